The third-order valence-electron chi connectivity index (χ3n) is 1.38. The Morgan fingerprint density at radius 2 is 1.60 bits per heavy atom. The number of hydrogen-bond donors (Lipinski definition) is 2. The highest BCUT2D eigenvalue weighted by Crippen LogP contribution is 2.11. The average Bonchev–Trinajstić information content (AvgIpc) is 2.39. The Morgan fingerprint density at radius 1 is 1.20 bits per heavy atom. The summed E-state index contributed by atoms with van der Waals surface area (Å²) in [5.41, 5.74) is 0.500. The van der Waals surface area contributed by atoms with Crippen molar-refractivity contribution >= 4 is 0 Å². The van der Waals surface area contributed by atoms with Gasteiger partial charge in [0.05, 0.1) is 0 Å². The van der Waals surface area contributed by atoms with Gasteiger partial charge in [-0.25, -0.2) is 0 Å². The molecule has 2 rings (SSSR count). The number of hydrogen-bond acceptors (Lipinski definition) is 1. The molecule has 2 heterocycles. The second-order valence-electron chi connectivity index (χ2n) is 3.12. The average molecular weight is 138 g/mol. The maximum absolute atomic E-state index is 3.17. The molecule has 0 unspecified atom stereocenters. The Hall–Kier alpha value is -0.760. The molecule has 1 fully saturated rings. The van der Waals surface area contributed by atoms with Crippen LogP contribution in [0.2, 0.25) is 0 Å². The fourth-order valence-electron chi connectivity index (χ4n) is 0.455. The van der Waals surface area contributed by atoms with E-state index in [-0.39, 0.29) is 0 Å². The second kappa shape index (κ2) is 2.88. The number of aromatic amines is 1. The van der Waals surface area contributed by atoms with Crippen molar-refractivity contribution in [2.24, 2.45) is 0 Å². The molecule has 0 aromatic carbocycles. The molecule has 2 N–H and O–H groups in total. The van der Waals surface area contributed by atoms with Crippen LogP contribution in [-0.4, -0.2) is 17.1 Å². The second-order valence-corrected chi connectivity index (χ2v) is 3.12. The molecule has 2 heteroatoms. The van der Waals surface area contributed by atoms with Crippen LogP contribution in [-0.2, 0) is 0 Å². The molecule has 1 aromatic rings. The van der Waals surface area contributed by atoms with Crippen LogP contribution in [0.5, 0.6) is 0 Å². The molecule has 1 aliphatic heterocycles. The molecule has 1 aromatic heterocycles. The molecule has 10 heavy (non-hydrogen) atoms. The first kappa shape index (κ1) is 7.35. The van der Waals surface area contributed by atoms with Gasteiger partial charge in [-0.2, -0.15) is 0 Å². The van der Waals surface area contributed by atoms with Gasteiger partial charge in [0.15, 0.2) is 0 Å². The molecule has 0 atom stereocenters. The quantitative estimate of drug-likeness (QED) is 0.522. The van der Waals surface area contributed by atoms with Gasteiger partial charge >= 0.3 is 0 Å². The Morgan fingerprint density at radius 3 is 1.70 bits per heavy atom. The zero-order chi connectivity index (χ0) is 7.45. The fraction of sp³-hybridized carbons (Fsp3) is 0.500. The van der Waals surface area contributed by atoms with Gasteiger partial charge in [0.25, 0.3) is 0 Å². The van der Waals surface area contributed by atoms with Crippen molar-refractivity contribution in [3.8, 4) is 0 Å². The summed E-state index contributed by atoms with van der Waals surface area (Å²) >= 11 is 0. The van der Waals surface area contributed by atoms with Gasteiger partial charge in [-0.1, -0.05) is 0 Å². The number of aromatic nitrogens is 1. The van der Waals surface area contributed by atoms with Crippen LogP contribution >= 0.6 is 0 Å². The van der Waals surface area contributed by atoms with E-state index in [1.54, 1.807) is 0 Å². The van der Waals surface area contributed by atoms with Crippen LogP contribution in [0.25, 0.3) is 0 Å². The third kappa shape index (κ3) is 3.30. The lowest BCUT2D eigenvalue weighted by Gasteiger charge is -1.84. The van der Waals surface area contributed by atoms with Crippen LogP contribution < -0.4 is 5.32 Å². The van der Waals surface area contributed by atoms with Gasteiger partial charge in [-0.05, 0) is 26.0 Å². The SMILES string of the molecule is CC1(C)CN1.c1cc[nH]c1. The summed E-state index contributed by atoms with van der Waals surface area (Å²) in [5, 5.41) is 3.17. The van der Waals surface area contributed by atoms with Crippen molar-refractivity contribution in [3.63, 3.8) is 0 Å². The Kier molecular flexibility index (Phi) is 2.12. The van der Waals surface area contributed by atoms with Crippen LogP contribution in [0, 0.1) is 0 Å². The predicted octanol–water partition coefficient (Wildman–Crippen LogP) is 1.38. The van der Waals surface area contributed by atoms with E-state index in [1.807, 2.05) is 24.5 Å². The lowest BCUT2D eigenvalue weighted by Crippen LogP contribution is -1.98. The molecule has 1 saturated heterocycles. The van der Waals surface area contributed by atoms with Crippen LogP contribution in [0.4, 0.5) is 0 Å². The van der Waals surface area contributed by atoms with E-state index in [0.717, 1.165) is 0 Å². The highest BCUT2D eigenvalue weighted by atomic mass is 15.1. The van der Waals surface area contributed by atoms with Crippen LogP contribution in [0.3, 0.4) is 0 Å². The Labute approximate surface area is 61.7 Å². The maximum Gasteiger partial charge on any atom is 0.0250 e. The van der Waals surface area contributed by atoms with E-state index in [2.05, 4.69) is 24.1 Å². The summed E-state index contributed by atoms with van der Waals surface area (Å²) in [6.45, 7) is 5.58. The lowest BCUT2D eigenvalue weighted by atomic mass is 10.3. The molecule has 0 radical (unpaired) electrons. The molecule has 1 aliphatic rings. The summed E-state index contributed by atoms with van der Waals surface area (Å²) in [7, 11) is 0. The molecular formula is C8H14N2. The summed E-state index contributed by atoms with van der Waals surface area (Å²) in [6, 6.07) is 3.89. The summed E-state index contributed by atoms with van der Waals surface area (Å²) in [5.74, 6) is 0. The molecule has 56 valence electrons. The largest absolute Gasteiger partial charge is 0.368 e. The minimum Gasteiger partial charge on any atom is -0.368 e. The van der Waals surface area contributed by atoms with Gasteiger partial charge in [-0.15, -0.1) is 0 Å². The number of H-pyrrole nitrogens is 1. The first-order valence-electron chi connectivity index (χ1n) is 3.53. The monoisotopic (exact) mass is 138 g/mol. The van der Waals surface area contributed by atoms with Gasteiger partial charge < -0.3 is 10.3 Å². The molecule has 0 spiro atoms. The number of rotatable bonds is 0. The van der Waals surface area contributed by atoms with E-state index in [1.165, 1.54) is 6.54 Å². The van der Waals surface area contributed by atoms with Crippen molar-refractivity contribution < 1.29 is 0 Å². The molecule has 0 amide bonds. The molecule has 0 bridgehead atoms. The van der Waals surface area contributed by atoms with Gasteiger partial charge in [0, 0.05) is 24.5 Å². The predicted molar refractivity (Wildman–Crippen MR) is 42.9 cm³/mol. The van der Waals surface area contributed by atoms with E-state index in [9.17, 15) is 0 Å². The third-order valence-corrected chi connectivity index (χ3v) is 1.38. The Balaban J connectivity index is 0.0000001000. The van der Waals surface area contributed by atoms with E-state index in [4.69, 9.17) is 0 Å². The summed E-state index contributed by atoms with van der Waals surface area (Å²) < 4.78 is 0. The standard InChI is InChI=1S/C4H9N.C4H5N/c1-4(2)3-5-4;1-2-4-5-3-1/h5H,3H2,1-2H3;1-5H. The van der Waals surface area contributed by atoms with Crippen molar-refractivity contribution in [2.45, 2.75) is 19.4 Å². The highest BCUT2D eigenvalue weighted by Gasteiger charge is 2.29. The lowest BCUT2D eigenvalue weighted by molar-refractivity contribution is 0.786. The van der Waals surface area contributed by atoms with Gasteiger partial charge in [-0.3, -0.25) is 0 Å². The smallest absolute Gasteiger partial charge is 0.0250 e. The van der Waals surface area contributed by atoms with Crippen LogP contribution in [0.1, 0.15) is 13.8 Å². The van der Waals surface area contributed by atoms with Gasteiger partial charge in [0.1, 0.15) is 0 Å². The summed E-state index contributed by atoms with van der Waals surface area (Å²) in [6.07, 6.45) is 3.75. The van der Waals surface area contributed by atoms with Crippen molar-refractivity contribution in [2.75, 3.05) is 6.54 Å². The fourth-order valence-corrected chi connectivity index (χ4v) is 0.455. The summed E-state index contributed by atoms with van der Waals surface area (Å²) in [4.78, 5) is 2.86. The normalized spacial score (nSPS) is 19.0. The van der Waals surface area contributed by atoms with Gasteiger partial charge in [0.2, 0.25) is 0 Å². The molecule has 0 aliphatic carbocycles. The zero-order valence-corrected chi connectivity index (χ0v) is 6.52. The van der Waals surface area contributed by atoms with Crippen molar-refractivity contribution in [1.82, 2.24) is 10.3 Å². The first-order chi connectivity index (χ1) is 4.71. The van der Waals surface area contributed by atoms with E-state index in [0.29, 0.717) is 5.54 Å². The highest BCUT2D eigenvalue weighted by molar-refractivity contribution is 4.94. The van der Waals surface area contributed by atoms with Crippen molar-refractivity contribution in [3.05, 3.63) is 24.5 Å². The Bertz CT molecular complexity index is 142. The topological polar surface area (TPSA) is 37.7 Å². The number of nitrogens with one attached hydrogen (secondary N) is 2. The minimum atomic E-state index is 0.500. The maximum atomic E-state index is 3.17. The molecule has 2 nitrogen and oxygen atoms in total. The molecule has 0 saturated carbocycles. The van der Waals surface area contributed by atoms with Crippen molar-refractivity contribution in [1.29, 1.82) is 0 Å². The van der Waals surface area contributed by atoms with E-state index >= 15 is 0 Å². The zero-order valence-electron chi connectivity index (χ0n) is 6.52. The van der Waals surface area contributed by atoms with E-state index < -0.39 is 0 Å². The first-order valence-corrected chi connectivity index (χ1v) is 3.53. The van der Waals surface area contributed by atoms with Crippen LogP contribution in [0.15, 0.2) is 24.5 Å². The minimum absolute atomic E-state index is 0.500. The molecular weight excluding hydrogens is 124 g/mol.